The summed E-state index contributed by atoms with van der Waals surface area (Å²) in [6, 6.07) is 24.4. The minimum atomic E-state index is -1.32. The summed E-state index contributed by atoms with van der Waals surface area (Å²) in [5, 5.41) is 58.8. The van der Waals surface area contributed by atoms with Crippen LogP contribution in [0.2, 0.25) is 0 Å². The SMILES string of the molecule is CC(C)c1c(C(=O)Nc2ccccc2)c(-c2ccccc2)c(-c2ccc(F)cc2)n1CCC(O)CC(O)CC(=O)OCC(CCON(O)O)ON(O)O. The Bertz CT molecular complexity index is 1740. The summed E-state index contributed by atoms with van der Waals surface area (Å²) in [7, 11) is 0. The van der Waals surface area contributed by atoms with Gasteiger partial charge in [-0.3, -0.25) is 35.3 Å². The molecule has 0 bridgehead atoms. The number of anilines is 1. The first-order valence-corrected chi connectivity index (χ1v) is 16.9. The number of hydrogen-bond donors (Lipinski definition) is 7. The van der Waals surface area contributed by atoms with Crippen molar-refractivity contribution in [3.05, 3.63) is 102 Å². The molecule has 0 fully saturated rings. The van der Waals surface area contributed by atoms with Crippen LogP contribution in [-0.2, 0) is 25.8 Å². The van der Waals surface area contributed by atoms with E-state index in [-0.39, 0.29) is 44.2 Å². The Balaban J connectivity index is 1.57. The van der Waals surface area contributed by atoms with Gasteiger partial charge in [-0.15, -0.1) is 0 Å². The number of amides is 1. The molecule has 15 nitrogen and oxygen atoms in total. The summed E-state index contributed by atoms with van der Waals surface area (Å²) in [4.78, 5) is 35.7. The van der Waals surface area contributed by atoms with Gasteiger partial charge in [-0.2, -0.15) is 0 Å². The van der Waals surface area contributed by atoms with Gasteiger partial charge in [-0.1, -0.05) is 62.4 Å². The Morgan fingerprint density at radius 2 is 1.47 bits per heavy atom. The van der Waals surface area contributed by atoms with Crippen molar-refractivity contribution < 1.29 is 59.4 Å². The zero-order chi connectivity index (χ0) is 38.5. The van der Waals surface area contributed by atoms with Gasteiger partial charge in [0.2, 0.25) is 0 Å². The summed E-state index contributed by atoms with van der Waals surface area (Å²) in [5.74, 6) is -1.83. The predicted molar refractivity (Wildman–Crippen MR) is 187 cm³/mol. The molecule has 16 heteroatoms. The molecule has 0 saturated carbocycles. The second-order valence-corrected chi connectivity index (χ2v) is 12.6. The van der Waals surface area contributed by atoms with Crippen molar-refractivity contribution in [3.8, 4) is 22.4 Å². The molecule has 4 aromatic rings. The summed E-state index contributed by atoms with van der Waals surface area (Å²) in [6.45, 7) is 3.24. The van der Waals surface area contributed by atoms with Crippen molar-refractivity contribution in [3.63, 3.8) is 0 Å². The van der Waals surface area contributed by atoms with Gasteiger partial charge < -0.3 is 24.8 Å². The average Bonchev–Trinajstić information content (AvgIpc) is 3.46. The lowest BCUT2D eigenvalue weighted by atomic mass is 9.94. The third kappa shape index (κ3) is 12.2. The van der Waals surface area contributed by atoms with E-state index >= 15 is 0 Å². The van der Waals surface area contributed by atoms with Crippen LogP contribution in [0.25, 0.3) is 22.4 Å². The van der Waals surface area contributed by atoms with Gasteiger partial charge in [0.1, 0.15) is 18.5 Å². The van der Waals surface area contributed by atoms with Crippen molar-refractivity contribution in [2.75, 3.05) is 18.5 Å². The summed E-state index contributed by atoms with van der Waals surface area (Å²) >= 11 is 0. The van der Waals surface area contributed by atoms with Gasteiger partial charge in [-0.05, 0) is 66.3 Å². The Morgan fingerprint density at radius 3 is 2.08 bits per heavy atom. The van der Waals surface area contributed by atoms with Crippen molar-refractivity contribution in [1.29, 1.82) is 0 Å². The number of aliphatic hydroxyl groups is 2. The number of para-hydroxylation sites is 1. The number of halogens is 1. The molecule has 0 aliphatic heterocycles. The second-order valence-electron chi connectivity index (χ2n) is 12.6. The lowest BCUT2D eigenvalue weighted by Gasteiger charge is -2.21. The molecule has 0 aliphatic rings. The van der Waals surface area contributed by atoms with E-state index in [9.17, 15) is 24.2 Å². The molecule has 0 radical (unpaired) electrons. The number of aliphatic hydroxyl groups excluding tert-OH is 2. The van der Waals surface area contributed by atoms with Crippen LogP contribution in [0.3, 0.4) is 0 Å². The topological polar surface area (TPSA) is 207 Å². The first kappa shape index (κ1) is 41.2. The molecule has 0 spiro atoms. The number of rotatable bonds is 20. The predicted octanol–water partition coefficient (Wildman–Crippen LogP) is 5.55. The van der Waals surface area contributed by atoms with Gasteiger partial charge in [-0.25, -0.2) is 9.23 Å². The normalized spacial score (nSPS) is 13.4. The van der Waals surface area contributed by atoms with Gasteiger partial charge in [0.25, 0.3) is 5.91 Å². The first-order valence-electron chi connectivity index (χ1n) is 16.9. The van der Waals surface area contributed by atoms with Crippen LogP contribution in [0, 0.1) is 5.82 Å². The van der Waals surface area contributed by atoms with E-state index in [2.05, 4.69) is 15.0 Å². The molecular formula is C37H45FN4O11. The number of carbonyl (C=O) groups is 2. The minimum Gasteiger partial charge on any atom is -0.463 e. The highest BCUT2D eigenvalue weighted by molar-refractivity contribution is 6.12. The van der Waals surface area contributed by atoms with Crippen molar-refractivity contribution in [1.82, 2.24) is 15.3 Å². The third-order valence-corrected chi connectivity index (χ3v) is 8.24. The van der Waals surface area contributed by atoms with Crippen LogP contribution >= 0.6 is 0 Å². The van der Waals surface area contributed by atoms with Gasteiger partial charge in [0.05, 0.1) is 47.3 Å². The number of esters is 1. The highest BCUT2D eigenvalue weighted by Gasteiger charge is 2.31. The smallest absolute Gasteiger partial charge is 0.308 e. The molecule has 1 heterocycles. The number of nitrogens with zero attached hydrogens (tertiary/aromatic N) is 3. The van der Waals surface area contributed by atoms with Crippen LogP contribution in [0.1, 0.15) is 61.5 Å². The Morgan fingerprint density at radius 1 is 0.830 bits per heavy atom. The van der Waals surface area contributed by atoms with Gasteiger partial charge in [0.15, 0.2) is 0 Å². The monoisotopic (exact) mass is 740 g/mol. The summed E-state index contributed by atoms with van der Waals surface area (Å²) in [6.07, 6.45) is -4.35. The standard InChI is InChI=1S/C37H45FN4O11/c1-24(2)35-34(37(46)39-28-11-7-4-8-12-28)33(25-9-5-3-6-10-25)36(26-13-15-27(38)16-14-26)40(35)19-17-29(43)21-30(44)22-32(45)51-23-31(53-42(49)50)18-20-52-41(47)48/h3-16,24,29-31,43-44,47-50H,17-23H2,1-2H3,(H,39,46). The van der Waals surface area contributed by atoms with E-state index in [1.54, 1.807) is 24.3 Å². The van der Waals surface area contributed by atoms with Crippen LogP contribution < -0.4 is 5.32 Å². The summed E-state index contributed by atoms with van der Waals surface area (Å²) < 4.78 is 21.2. The lowest BCUT2D eigenvalue weighted by molar-refractivity contribution is -0.511. The molecule has 7 N–H and O–H groups in total. The molecule has 1 aromatic heterocycles. The molecule has 3 unspecified atom stereocenters. The van der Waals surface area contributed by atoms with E-state index in [1.165, 1.54) is 12.1 Å². The van der Waals surface area contributed by atoms with Crippen LogP contribution in [0.4, 0.5) is 10.1 Å². The quantitative estimate of drug-likeness (QED) is 0.0439. The maximum absolute atomic E-state index is 14.2. The number of benzene rings is 3. The molecule has 1 amide bonds. The molecule has 3 aromatic carbocycles. The number of hydrogen-bond acceptors (Lipinski definition) is 13. The summed E-state index contributed by atoms with van der Waals surface area (Å²) in [5.41, 5.74) is 4.40. The fourth-order valence-electron chi connectivity index (χ4n) is 6.00. The van der Waals surface area contributed by atoms with E-state index in [1.807, 2.05) is 66.9 Å². The minimum absolute atomic E-state index is 0.105. The van der Waals surface area contributed by atoms with Crippen molar-refractivity contribution >= 4 is 17.6 Å². The van der Waals surface area contributed by atoms with Gasteiger partial charge >= 0.3 is 5.97 Å². The van der Waals surface area contributed by atoms with Crippen LogP contribution in [-0.4, -0.2) is 89.8 Å². The number of carbonyl (C=O) groups excluding carboxylic acids is 2. The Kier molecular flexibility index (Phi) is 15.6. The molecule has 0 saturated heterocycles. The van der Waals surface area contributed by atoms with E-state index in [0.29, 0.717) is 33.8 Å². The van der Waals surface area contributed by atoms with Crippen molar-refractivity contribution in [2.24, 2.45) is 0 Å². The first-order chi connectivity index (χ1) is 25.3. The Labute approximate surface area is 305 Å². The highest BCUT2D eigenvalue weighted by Crippen LogP contribution is 2.42. The lowest BCUT2D eigenvalue weighted by Crippen LogP contribution is -2.32. The van der Waals surface area contributed by atoms with Crippen molar-refractivity contribution in [2.45, 2.75) is 70.3 Å². The molecule has 286 valence electrons. The maximum Gasteiger partial charge on any atom is 0.308 e. The molecular weight excluding hydrogens is 695 g/mol. The molecule has 53 heavy (non-hydrogen) atoms. The number of nitrogens with one attached hydrogen (secondary N) is 1. The fourth-order valence-corrected chi connectivity index (χ4v) is 6.00. The Hall–Kier alpha value is -4.59. The van der Waals surface area contributed by atoms with Gasteiger partial charge in [0, 0.05) is 29.9 Å². The molecule has 4 rings (SSSR count). The van der Waals surface area contributed by atoms with Crippen LogP contribution in [0.15, 0.2) is 84.9 Å². The zero-order valence-corrected chi connectivity index (χ0v) is 29.3. The zero-order valence-electron chi connectivity index (χ0n) is 29.3. The maximum atomic E-state index is 14.2. The average molecular weight is 741 g/mol. The molecule has 3 atom stereocenters. The largest absolute Gasteiger partial charge is 0.463 e. The molecule has 0 aliphatic carbocycles. The third-order valence-electron chi connectivity index (χ3n) is 8.24. The van der Waals surface area contributed by atoms with Crippen LogP contribution in [0.5, 0.6) is 0 Å². The van der Waals surface area contributed by atoms with E-state index < -0.39 is 53.9 Å². The second kappa shape index (κ2) is 20.0. The fraction of sp³-hybridized carbons (Fsp3) is 0.351. The van der Waals surface area contributed by atoms with E-state index in [0.717, 1.165) is 5.56 Å². The highest BCUT2D eigenvalue weighted by atomic mass is 19.1. The number of aromatic nitrogens is 1. The number of ether oxygens (including phenoxy) is 1. The van der Waals surface area contributed by atoms with E-state index in [4.69, 9.17) is 25.6 Å².